The van der Waals surface area contributed by atoms with Gasteiger partial charge in [-0.05, 0) is 37.7 Å². The number of nitrogens with one attached hydrogen (secondary N) is 1. The lowest BCUT2D eigenvalue weighted by Gasteiger charge is -2.07. The molecule has 0 unspecified atom stereocenters. The molecule has 0 atom stereocenters. The van der Waals surface area contributed by atoms with E-state index in [0.29, 0.717) is 22.4 Å². The molecule has 0 amide bonds. The van der Waals surface area contributed by atoms with E-state index in [1.807, 2.05) is 26.2 Å². The number of aryl methyl sites for hydroxylation is 1. The van der Waals surface area contributed by atoms with Crippen LogP contribution in [0.3, 0.4) is 0 Å². The van der Waals surface area contributed by atoms with Crippen molar-refractivity contribution >= 4 is 23.2 Å². The molecule has 0 aliphatic heterocycles. The normalized spacial score (nSPS) is 10.7. The summed E-state index contributed by atoms with van der Waals surface area (Å²) in [6, 6.07) is 5.39. The molecule has 1 aromatic heterocycles. The molecule has 0 saturated heterocycles. The minimum atomic E-state index is 0.508. The molecule has 5 heteroatoms. The van der Waals surface area contributed by atoms with Gasteiger partial charge >= 0.3 is 0 Å². The maximum Gasteiger partial charge on any atom is 0.159 e. The first-order valence-electron chi connectivity index (χ1n) is 5.54. The molecular weight excluding hydrogens is 269 g/mol. The van der Waals surface area contributed by atoms with Crippen molar-refractivity contribution in [1.82, 2.24) is 15.3 Å². The average Bonchev–Trinajstić information content (AvgIpc) is 2.36. The third kappa shape index (κ3) is 2.80. The van der Waals surface area contributed by atoms with E-state index in [2.05, 4.69) is 15.3 Å². The summed E-state index contributed by atoms with van der Waals surface area (Å²) in [6.45, 7) is 2.70. The fourth-order valence-corrected chi connectivity index (χ4v) is 1.90. The number of aromatic nitrogens is 2. The van der Waals surface area contributed by atoms with Crippen molar-refractivity contribution in [2.24, 2.45) is 0 Å². The summed E-state index contributed by atoms with van der Waals surface area (Å²) in [5.74, 6) is 0.657. The number of hydrogen-bond acceptors (Lipinski definition) is 3. The van der Waals surface area contributed by atoms with E-state index < -0.39 is 0 Å². The molecule has 3 nitrogen and oxygen atoms in total. The smallest absolute Gasteiger partial charge is 0.159 e. The number of hydrogen-bond donors (Lipinski definition) is 1. The van der Waals surface area contributed by atoms with Crippen LogP contribution in [0.1, 0.15) is 11.3 Å². The van der Waals surface area contributed by atoms with Gasteiger partial charge in [0.1, 0.15) is 0 Å². The highest BCUT2D eigenvalue weighted by Crippen LogP contribution is 2.27. The Morgan fingerprint density at radius 2 is 2.00 bits per heavy atom. The van der Waals surface area contributed by atoms with Gasteiger partial charge in [0.05, 0.1) is 15.7 Å². The van der Waals surface area contributed by atoms with Gasteiger partial charge in [-0.25, -0.2) is 9.97 Å². The second-order valence-corrected chi connectivity index (χ2v) is 4.80. The van der Waals surface area contributed by atoms with Crippen molar-refractivity contribution in [2.45, 2.75) is 13.5 Å². The molecule has 0 spiro atoms. The third-order valence-corrected chi connectivity index (χ3v) is 3.34. The van der Waals surface area contributed by atoms with Crippen LogP contribution in [0, 0.1) is 6.92 Å². The zero-order chi connectivity index (χ0) is 13.1. The lowest BCUT2D eigenvalue weighted by molar-refractivity contribution is 0.779. The molecule has 18 heavy (non-hydrogen) atoms. The number of rotatable bonds is 3. The largest absolute Gasteiger partial charge is 0.314 e. The average molecular weight is 282 g/mol. The summed E-state index contributed by atoms with van der Waals surface area (Å²) in [4.78, 5) is 8.85. The van der Waals surface area contributed by atoms with Crippen molar-refractivity contribution < 1.29 is 0 Å². The van der Waals surface area contributed by atoms with Crippen molar-refractivity contribution in [3.05, 3.63) is 45.7 Å². The molecule has 0 bridgehead atoms. The van der Waals surface area contributed by atoms with E-state index in [1.54, 1.807) is 12.1 Å². The quantitative estimate of drug-likeness (QED) is 0.936. The van der Waals surface area contributed by atoms with Crippen molar-refractivity contribution in [3.8, 4) is 11.4 Å². The van der Waals surface area contributed by atoms with Crippen LogP contribution in [0.2, 0.25) is 10.0 Å². The highest BCUT2D eigenvalue weighted by Gasteiger charge is 2.07. The molecule has 1 N–H and O–H groups in total. The fraction of sp³-hybridized carbons (Fsp3) is 0.231. The fourth-order valence-electron chi connectivity index (χ4n) is 1.60. The number of nitrogens with zero attached hydrogens (tertiary/aromatic N) is 2. The van der Waals surface area contributed by atoms with Gasteiger partial charge in [-0.2, -0.15) is 0 Å². The van der Waals surface area contributed by atoms with Gasteiger partial charge in [-0.1, -0.05) is 23.2 Å². The Bertz CT molecular complexity index is 570. The van der Waals surface area contributed by atoms with Crippen LogP contribution in [0.15, 0.2) is 24.4 Å². The van der Waals surface area contributed by atoms with Gasteiger partial charge < -0.3 is 5.32 Å². The van der Waals surface area contributed by atoms with Gasteiger partial charge in [-0.15, -0.1) is 0 Å². The Hall–Kier alpha value is -1.16. The highest BCUT2D eigenvalue weighted by molar-refractivity contribution is 6.42. The maximum absolute atomic E-state index is 6.00. The van der Waals surface area contributed by atoms with Gasteiger partial charge in [0.15, 0.2) is 5.82 Å². The summed E-state index contributed by atoms with van der Waals surface area (Å²) in [6.07, 6.45) is 1.82. The summed E-state index contributed by atoms with van der Waals surface area (Å²) in [7, 11) is 1.89. The Labute approximate surface area is 116 Å². The summed E-state index contributed by atoms with van der Waals surface area (Å²) in [5, 5.41) is 4.12. The van der Waals surface area contributed by atoms with Crippen LogP contribution in [0.4, 0.5) is 0 Å². The first-order chi connectivity index (χ1) is 8.61. The minimum absolute atomic E-state index is 0.508. The van der Waals surface area contributed by atoms with Crippen LogP contribution in [-0.2, 0) is 6.54 Å². The molecule has 1 aromatic carbocycles. The standard InChI is InChI=1S/C13H13Cl2N3/c1-8-6-17-13(18-12(8)7-16-2)9-3-4-10(14)11(15)5-9/h3-6,16H,7H2,1-2H3. The van der Waals surface area contributed by atoms with E-state index in [-0.39, 0.29) is 0 Å². The molecule has 0 aliphatic carbocycles. The van der Waals surface area contributed by atoms with E-state index >= 15 is 0 Å². The van der Waals surface area contributed by atoms with Crippen molar-refractivity contribution in [2.75, 3.05) is 7.05 Å². The zero-order valence-corrected chi connectivity index (χ0v) is 11.7. The summed E-state index contributed by atoms with van der Waals surface area (Å²) < 4.78 is 0. The lowest BCUT2D eigenvalue weighted by Crippen LogP contribution is -2.09. The van der Waals surface area contributed by atoms with Gasteiger partial charge in [-0.3, -0.25) is 0 Å². The van der Waals surface area contributed by atoms with E-state index in [4.69, 9.17) is 23.2 Å². The molecule has 1 heterocycles. The third-order valence-electron chi connectivity index (χ3n) is 2.60. The van der Waals surface area contributed by atoms with Gasteiger partial charge in [0.25, 0.3) is 0 Å². The SMILES string of the molecule is CNCc1nc(-c2ccc(Cl)c(Cl)c2)ncc1C. The van der Waals surface area contributed by atoms with Gasteiger partial charge in [0, 0.05) is 18.3 Å². The van der Waals surface area contributed by atoms with Crippen molar-refractivity contribution in [1.29, 1.82) is 0 Å². The first-order valence-corrected chi connectivity index (χ1v) is 6.30. The topological polar surface area (TPSA) is 37.8 Å². The molecule has 2 rings (SSSR count). The molecule has 94 valence electrons. The molecule has 2 aromatic rings. The molecular formula is C13H13Cl2N3. The van der Waals surface area contributed by atoms with E-state index in [0.717, 1.165) is 16.8 Å². The molecule has 0 saturated carbocycles. The molecule has 0 radical (unpaired) electrons. The van der Waals surface area contributed by atoms with Crippen molar-refractivity contribution in [3.63, 3.8) is 0 Å². The summed E-state index contributed by atoms with van der Waals surface area (Å²) >= 11 is 11.9. The molecule has 0 fully saturated rings. The first kappa shape index (κ1) is 13.3. The summed E-state index contributed by atoms with van der Waals surface area (Å²) in [5.41, 5.74) is 2.91. The van der Waals surface area contributed by atoms with Crippen LogP contribution in [-0.4, -0.2) is 17.0 Å². The maximum atomic E-state index is 6.00. The predicted octanol–water partition coefficient (Wildman–Crippen LogP) is 3.48. The predicted molar refractivity (Wildman–Crippen MR) is 75.0 cm³/mol. The second kappa shape index (κ2) is 5.65. The Balaban J connectivity index is 2.44. The van der Waals surface area contributed by atoms with Gasteiger partial charge in [0.2, 0.25) is 0 Å². The minimum Gasteiger partial charge on any atom is -0.314 e. The number of benzene rings is 1. The van der Waals surface area contributed by atoms with Crippen LogP contribution >= 0.6 is 23.2 Å². The van der Waals surface area contributed by atoms with Crippen LogP contribution in [0.5, 0.6) is 0 Å². The monoisotopic (exact) mass is 281 g/mol. The van der Waals surface area contributed by atoms with E-state index in [9.17, 15) is 0 Å². The Morgan fingerprint density at radius 3 is 2.67 bits per heavy atom. The molecule has 0 aliphatic rings. The second-order valence-electron chi connectivity index (χ2n) is 3.98. The Kier molecular flexibility index (Phi) is 4.17. The van der Waals surface area contributed by atoms with E-state index in [1.165, 1.54) is 0 Å². The zero-order valence-electron chi connectivity index (χ0n) is 10.2. The van der Waals surface area contributed by atoms with Crippen LogP contribution < -0.4 is 5.32 Å². The lowest BCUT2D eigenvalue weighted by atomic mass is 10.2. The Morgan fingerprint density at radius 1 is 1.22 bits per heavy atom. The van der Waals surface area contributed by atoms with Crippen LogP contribution in [0.25, 0.3) is 11.4 Å². The highest BCUT2D eigenvalue weighted by atomic mass is 35.5. The number of halogens is 2.